The first-order valence-corrected chi connectivity index (χ1v) is 6.60. The third-order valence-corrected chi connectivity index (χ3v) is 3.48. The molecule has 1 amide bonds. The first kappa shape index (κ1) is 14.2. The molecule has 106 valence electrons. The van der Waals surface area contributed by atoms with Gasteiger partial charge in [-0.25, -0.2) is 0 Å². The van der Waals surface area contributed by atoms with E-state index in [2.05, 4.69) is 31.4 Å². The average molecular weight is 274 g/mol. The summed E-state index contributed by atoms with van der Waals surface area (Å²) in [6.07, 6.45) is 0. The van der Waals surface area contributed by atoms with Gasteiger partial charge in [0.05, 0.1) is 12.1 Å². The highest BCUT2D eigenvalue weighted by Crippen LogP contribution is 2.14. The normalized spacial score (nSPS) is 17.4. The van der Waals surface area contributed by atoms with Gasteiger partial charge in [-0.15, -0.1) is 10.2 Å². The number of rotatable bonds is 3. The summed E-state index contributed by atoms with van der Waals surface area (Å²) in [4.78, 5) is 15.6. The number of nitrogens with zero attached hydrogens (tertiary/aromatic N) is 5. The van der Waals surface area contributed by atoms with E-state index in [0.29, 0.717) is 5.69 Å². The van der Waals surface area contributed by atoms with E-state index >= 15 is 0 Å². The lowest BCUT2D eigenvalue weighted by Crippen LogP contribution is -2.49. The SMILES string of the molecule is CNC(=O)c1ccc(N2CCN(C(C)C#N)CC2)nn1. The minimum atomic E-state index is -0.239. The Kier molecular flexibility index (Phi) is 4.48. The summed E-state index contributed by atoms with van der Waals surface area (Å²) >= 11 is 0. The maximum atomic E-state index is 11.4. The summed E-state index contributed by atoms with van der Waals surface area (Å²) < 4.78 is 0. The number of amides is 1. The van der Waals surface area contributed by atoms with Crippen LogP contribution in [0.1, 0.15) is 17.4 Å². The van der Waals surface area contributed by atoms with Crippen LogP contribution in [0, 0.1) is 11.3 Å². The zero-order valence-electron chi connectivity index (χ0n) is 11.7. The van der Waals surface area contributed by atoms with Gasteiger partial charge in [0.1, 0.15) is 0 Å². The summed E-state index contributed by atoms with van der Waals surface area (Å²) in [5, 5.41) is 19.4. The minimum Gasteiger partial charge on any atom is -0.354 e. The molecule has 2 heterocycles. The number of nitrogens with one attached hydrogen (secondary N) is 1. The fourth-order valence-corrected chi connectivity index (χ4v) is 2.16. The molecule has 7 nitrogen and oxygen atoms in total. The Morgan fingerprint density at radius 2 is 2.05 bits per heavy atom. The molecule has 1 aliphatic rings. The number of hydrogen-bond acceptors (Lipinski definition) is 6. The van der Waals surface area contributed by atoms with Gasteiger partial charge in [0, 0.05) is 33.2 Å². The number of carbonyl (C=O) groups is 1. The molecule has 1 N–H and O–H groups in total. The third-order valence-electron chi connectivity index (χ3n) is 3.48. The van der Waals surface area contributed by atoms with Crippen LogP contribution in [-0.2, 0) is 0 Å². The highest BCUT2D eigenvalue weighted by Gasteiger charge is 2.21. The molecule has 0 spiro atoms. The van der Waals surface area contributed by atoms with E-state index in [-0.39, 0.29) is 11.9 Å². The average Bonchev–Trinajstić information content (AvgIpc) is 2.53. The quantitative estimate of drug-likeness (QED) is 0.826. The Bertz CT molecular complexity index is 501. The van der Waals surface area contributed by atoms with Crippen molar-refractivity contribution in [3.8, 4) is 6.07 Å². The lowest BCUT2D eigenvalue weighted by atomic mass is 10.2. The summed E-state index contributed by atoms with van der Waals surface area (Å²) in [6.45, 7) is 5.18. The highest BCUT2D eigenvalue weighted by atomic mass is 16.1. The second-order valence-electron chi connectivity index (χ2n) is 4.68. The molecule has 1 fully saturated rings. The van der Waals surface area contributed by atoms with Crippen molar-refractivity contribution in [3.05, 3.63) is 17.8 Å². The standard InChI is InChI=1S/C13H18N6O/c1-10(9-14)18-5-7-19(8-6-18)12-4-3-11(16-17-12)13(20)15-2/h3-4,10H,5-8H2,1-2H3,(H,15,20). The van der Waals surface area contributed by atoms with Crippen molar-refractivity contribution < 1.29 is 4.79 Å². The molecule has 1 aromatic rings. The topological polar surface area (TPSA) is 85.2 Å². The van der Waals surface area contributed by atoms with Gasteiger partial charge in [-0.3, -0.25) is 9.69 Å². The molecule has 1 saturated heterocycles. The summed E-state index contributed by atoms with van der Waals surface area (Å²) in [7, 11) is 1.56. The fraction of sp³-hybridized carbons (Fsp3) is 0.538. The molecule has 2 rings (SSSR count). The van der Waals surface area contributed by atoms with Crippen molar-refractivity contribution in [1.29, 1.82) is 5.26 Å². The first-order valence-electron chi connectivity index (χ1n) is 6.60. The Hall–Kier alpha value is -2.20. The summed E-state index contributed by atoms with van der Waals surface area (Å²) in [5.74, 6) is 0.527. The molecular weight excluding hydrogens is 256 g/mol. The van der Waals surface area contributed by atoms with E-state index in [0.717, 1.165) is 32.0 Å². The van der Waals surface area contributed by atoms with Gasteiger partial charge in [0.2, 0.25) is 0 Å². The van der Waals surface area contributed by atoms with Crippen molar-refractivity contribution in [2.24, 2.45) is 0 Å². The number of piperazine rings is 1. The van der Waals surface area contributed by atoms with Crippen LogP contribution in [0.25, 0.3) is 0 Å². The van der Waals surface area contributed by atoms with E-state index in [1.165, 1.54) is 0 Å². The zero-order chi connectivity index (χ0) is 14.5. The van der Waals surface area contributed by atoms with Crippen LogP contribution >= 0.6 is 0 Å². The second kappa shape index (κ2) is 6.30. The van der Waals surface area contributed by atoms with Gasteiger partial charge >= 0.3 is 0 Å². The maximum absolute atomic E-state index is 11.4. The van der Waals surface area contributed by atoms with Crippen LogP contribution in [0.2, 0.25) is 0 Å². The van der Waals surface area contributed by atoms with Crippen molar-refractivity contribution >= 4 is 11.7 Å². The molecule has 0 radical (unpaired) electrons. The molecule has 0 aliphatic carbocycles. The molecule has 1 unspecified atom stereocenters. The molecule has 1 atom stereocenters. The van der Waals surface area contributed by atoms with Crippen LogP contribution in [0.3, 0.4) is 0 Å². The van der Waals surface area contributed by atoms with Crippen molar-refractivity contribution in [2.75, 3.05) is 38.1 Å². The molecule has 1 aromatic heterocycles. The number of nitriles is 1. The fourth-order valence-electron chi connectivity index (χ4n) is 2.16. The molecule has 0 aromatic carbocycles. The number of carbonyl (C=O) groups excluding carboxylic acids is 1. The van der Waals surface area contributed by atoms with Gasteiger partial charge in [-0.1, -0.05) is 0 Å². The van der Waals surface area contributed by atoms with Crippen molar-refractivity contribution in [2.45, 2.75) is 13.0 Å². The van der Waals surface area contributed by atoms with Crippen LogP contribution < -0.4 is 10.2 Å². The molecule has 20 heavy (non-hydrogen) atoms. The van der Waals surface area contributed by atoms with E-state index < -0.39 is 0 Å². The van der Waals surface area contributed by atoms with E-state index in [4.69, 9.17) is 5.26 Å². The van der Waals surface area contributed by atoms with E-state index in [1.54, 1.807) is 19.2 Å². The van der Waals surface area contributed by atoms with Crippen LogP contribution in [0.5, 0.6) is 0 Å². The van der Waals surface area contributed by atoms with Gasteiger partial charge in [-0.05, 0) is 19.1 Å². The Morgan fingerprint density at radius 1 is 1.35 bits per heavy atom. The van der Waals surface area contributed by atoms with Crippen molar-refractivity contribution in [3.63, 3.8) is 0 Å². The molecule has 0 saturated carbocycles. The predicted octanol–water partition coefficient (Wildman–Crippen LogP) is -0.130. The molecule has 1 aliphatic heterocycles. The smallest absolute Gasteiger partial charge is 0.271 e. The van der Waals surface area contributed by atoms with Crippen molar-refractivity contribution in [1.82, 2.24) is 20.4 Å². The molecule has 0 bridgehead atoms. The lowest BCUT2D eigenvalue weighted by molar-refractivity contribution is 0.0957. The van der Waals surface area contributed by atoms with Gasteiger partial charge in [-0.2, -0.15) is 5.26 Å². The maximum Gasteiger partial charge on any atom is 0.271 e. The highest BCUT2D eigenvalue weighted by molar-refractivity contribution is 5.91. The van der Waals surface area contributed by atoms with Crippen LogP contribution in [-0.4, -0.2) is 60.3 Å². The Morgan fingerprint density at radius 3 is 2.55 bits per heavy atom. The van der Waals surface area contributed by atoms with E-state index in [9.17, 15) is 4.79 Å². The number of aromatic nitrogens is 2. The van der Waals surface area contributed by atoms with Crippen LogP contribution in [0.15, 0.2) is 12.1 Å². The minimum absolute atomic E-state index is 0.0566. The zero-order valence-corrected chi connectivity index (χ0v) is 11.7. The van der Waals surface area contributed by atoms with Gasteiger partial charge in [0.15, 0.2) is 11.5 Å². The summed E-state index contributed by atoms with van der Waals surface area (Å²) in [6, 6.07) is 5.67. The molecular formula is C13H18N6O. The summed E-state index contributed by atoms with van der Waals surface area (Å²) in [5.41, 5.74) is 0.313. The second-order valence-corrected chi connectivity index (χ2v) is 4.68. The predicted molar refractivity (Wildman–Crippen MR) is 74.3 cm³/mol. The largest absolute Gasteiger partial charge is 0.354 e. The number of hydrogen-bond donors (Lipinski definition) is 1. The Labute approximate surface area is 118 Å². The van der Waals surface area contributed by atoms with Gasteiger partial charge < -0.3 is 10.2 Å². The lowest BCUT2D eigenvalue weighted by Gasteiger charge is -2.36. The Balaban J connectivity index is 1.97. The van der Waals surface area contributed by atoms with E-state index in [1.807, 2.05) is 6.92 Å². The van der Waals surface area contributed by atoms with Gasteiger partial charge in [0.25, 0.3) is 5.91 Å². The molecule has 7 heteroatoms. The van der Waals surface area contributed by atoms with Crippen LogP contribution in [0.4, 0.5) is 5.82 Å². The number of anilines is 1. The monoisotopic (exact) mass is 274 g/mol. The first-order chi connectivity index (χ1) is 9.65. The third kappa shape index (κ3) is 3.03.